The van der Waals surface area contributed by atoms with E-state index < -0.39 is 12.5 Å². The van der Waals surface area contributed by atoms with Crippen molar-refractivity contribution in [1.82, 2.24) is 4.90 Å². The summed E-state index contributed by atoms with van der Waals surface area (Å²) in [6.45, 7) is 5.24. The van der Waals surface area contributed by atoms with Crippen LogP contribution in [0, 0.1) is 0 Å². The number of carbonyl (C=O) groups excluding carboxylic acids is 1. The van der Waals surface area contributed by atoms with Crippen LogP contribution in [0.5, 0.6) is 5.75 Å². The fourth-order valence-electron chi connectivity index (χ4n) is 4.24. The molecule has 1 aliphatic heterocycles. The fourth-order valence-corrected chi connectivity index (χ4v) is 4.24. The van der Waals surface area contributed by atoms with E-state index in [1.807, 2.05) is 56.3 Å². The number of furan rings is 1. The van der Waals surface area contributed by atoms with Crippen molar-refractivity contribution in [2.75, 3.05) is 24.6 Å². The van der Waals surface area contributed by atoms with E-state index in [-0.39, 0.29) is 18.4 Å². The van der Waals surface area contributed by atoms with Gasteiger partial charge in [0.25, 0.3) is 5.91 Å². The molecule has 1 N–H and O–H groups in total. The lowest BCUT2D eigenvalue weighted by molar-refractivity contribution is -0.137. The Kier molecular flexibility index (Phi) is 8.41. The Hall–Kier alpha value is -3.74. The van der Waals surface area contributed by atoms with E-state index in [4.69, 9.17) is 14.3 Å². The number of carboxylic acids is 1. The summed E-state index contributed by atoms with van der Waals surface area (Å²) >= 11 is 0. The van der Waals surface area contributed by atoms with Gasteiger partial charge in [0.2, 0.25) is 0 Å². The monoisotopic (exact) mass is 505 g/mol. The number of carbonyl (C=O) groups is 2. The van der Waals surface area contributed by atoms with Gasteiger partial charge in [0, 0.05) is 54.5 Å². The predicted octanol–water partition coefficient (Wildman–Crippen LogP) is 6.23. The SMILES string of the molecule is [2H]C(c1cc(N2CCC2)ccc1OCCCCCC(=O)O)N(C(=O)c1ccc(-c2ccco2)cc1)C(C)C. The van der Waals surface area contributed by atoms with E-state index in [1.165, 1.54) is 0 Å². The number of aliphatic carboxylic acids is 1. The lowest BCUT2D eigenvalue weighted by Gasteiger charge is -2.34. The summed E-state index contributed by atoms with van der Waals surface area (Å²) in [5, 5.41) is 8.83. The van der Waals surface area contributed by atoms with Gasteiger partial charge < -0.3 is 24.1 Å². The minimum Gasteiger partial charge on any atom is -0.493 e. The van der Waals surface area contributed by atoms with Crippen molar-refractivity contribution in [1.29, 1.82) is 0 Å². The maximum Gasteiger partial charge on any atom is 0.303 e. The number of amides is 1. The molecule has 0 saturated carbocycles. The van der Waals surface area contributed by atoms with Crippen LogP contribution in [-0.4, -0.2) is 47.6 Å². The number of ether oxygens (including phenoxy) is 1. The molecule has 4 rings (SSSR count). The Bertz CT molecular complexity index is 1210. The quantitative estimate of drug-likeness (QED) is 0.277. The second kappa shape index (κ2) is 12.5. The molecule has 0 spiro atoms. The Morgan fingerprint density at radius 3 is 2.51 bits per heavy atom. The third-order valence-corrected chi connectivity index (χ3v) is 6.51. The third-order valence-electron chi connectivity index (χ3n) is 6.51. The van der Waals surface area contributed by atoms with Gasteiger partial charge in [-0.25, -0.2) is 0 Å². The van der Waals surface area contributed by atoms with Crippen LogP contribution in [0.2, 0.25) is 0 Å². The Morgan fingerprint density at radius 1 is 1.11 bits per heavy atom. The highest BCUT2D eigenvalue weighted by Gasteiger charge is 2.23. The van der Waals surface area contributed by atoms with E-state index in [0.29, 0.717) is 29.9 Å². The molecule has 1 atom stereocenters. The average Bonchev–Trinajstić information content (AvgIpc) is 3.40. The van der Waals surface area contributed by atoms with Gasteiger partial charge in [-0.3, -0.25) is 9.59 Å². The van der Waals surface area contributed by atoms with Crippen LogP contribution < -0.4 is 9.64 Å². The Labute approximate surface area is 220 Å². The largest absolute Gasteiger partial charge is 0.493 e. The highest BCUT2D eigenvalue weighted by atomic mass is 16.5. The molecule has 0 radical (unpaired) electrons. The first-order valence-electron chi connectivity index (χ1n) is 13.5. The van der Waals surface area contributed by atoms with Crippen molar-refractivity contribution in [3.63, 3.8) is 0 Å². The maximum atomic E-state index is 13.7. The van der Waals surface area contributed by atoms with Crippen molar-refractivity contribution < 1.29 is 25.2 Å². The maximum absolute atomic E-state index is 13.7. The van der Waals surface area contributed by atoms with Gasteiger partial charge in [-0.2, -0.15) is 0 Å². The van der Waals surface area contributed by atoms with Crippen molar-refractivity contribution >= 4 is 17.6 Å². The van der Waals surface area contributed by atoms with Crippen LogP contribution >= 0.6 is 0 Å². The molecule has 1 amide bonds. The van der Waals surface area contributed by atoms with Crippen LogP contribution in [0.3, 0.4) is 0 Å². The first kappa shape index (κ1) is 24.9. The van der Waals surface area contributed by atoms with Gasteiger partial charge in [-0.1, -0.05) is 12.1 Å². The fraction of sp³-hybridized carbons (Fsp3) is 0.400. The molecule has 1 aromatic heterocycles. The smallest absolute Gasteiger partial charge is 0.303 e. The molecule has 3 aromatic rings. The minimum atomic E-state index is -0.963. The number of carboxylic acid groups (broad SMARTS) is 1. The minimum absolute atomic E-state index is 0.151. The first-order chi connectivity index (χ1) is 18.3. The van der Waals surface area contributed by atoms with Crippen molar-refractivity contribution in [2.24, 2.45) is 0 Å². The number of unbranched alkanes of at least 4 members (excludes halogenated alkanes) is 2. The molecule has 1 saturated heterocycles. The summed E-state index contributed by atoms with van der Waals surface area (Å²) < 4.78 is 20.8. The molecule has 196 valence electrons. The number of hydrogen-bond donors (Lipinski definition) is 1. The molecule has 1 aliphatic rings. The van der Waals surface area contributed by atoms with Gasteiger partial charge in [0.1, 0.15) is 11.5 Å². The lowest BCUT2D eigenvalue weighted by atomic mass is 10.1. The molecular formula is C30H36N2O5. The molecular weight excluding hydrogens is 468 g/mol. The van der Waals surface area contributed by atoms with E-state index in [0.717, 1.165) is 49.4 Å². The van der Waals surface area contributed by atoms with Crippen molar-refractivity contribution in [3.8, 4) is 17.1 Å². The molecule has 1 fully saturated rings. The number of anilines is 1. The van der Waals surface area contributed by atoms with Crippen molar-refractivity contribution in [2.45, 2.75) is 58.5 Å². The summed E-state index contributed by atoms with van der Waals surface area (Å²) in [5.74, 6) is 0.302. The molecule has 0 bridgehead atoms. The summed E-state index contributed by atoms with van der Waals surface area (Å²) in [6, 6.07) is 16.6. The zero-order valence-corrected chi connectivity index (χ0v) is 21.6. The summed E-state index contributed by atoms with van der Waals surface area (Å²) in [5.41, 5.74) is 3.06. The van der Waals surface area contributed by atoms with Crippen LogP contribution in [-0.2, 0) is 11.3 Å². The van der Waals surface area contributed by atoms with Gasteiger partial charge >= 0.3 is 5.97 Å². The molecule has 2 heterocycles. The number of hydrogen-bond acceptors (Lipinski definition) is 5. The molecule has 1 unspecified atom stereocenters. The Morgan fingerprint density at radius 2 is 1.89 bits per heavy atom. The second-order valence-corrected chi connectivity index (χ2v) is 9.61. The summed E-state index contributed by atoms with van der Waals surface area (Å²) in [4.78, 5) is 28.2. The predicted molar refractivity (Wildman–Crippen MR) is 144 cm³/mol. The van der Waals surface area contributed by atoms with Crippen LogP contribution in [0.1, 0.15) is 63.2 Å². The van der Waals surface area contributed by atoms with Crippen LogP contribution in [0.25, 0.3) is 11.3 Å². The molecule has 7 heteroatoms. The van der Waals surface area contributed by atoms with E-state index in [2.05, 4.69) is 4.90 Å². The molecule has 2 aromatic carbocycles. The Balaban J connectivity index is 1.54. The summed E-state index contributed by atoms with van der Waals surface area (Å²) in [6.07, 6.45) is 4.98. The van der Waals surface area contributed by atoms with Gasteiger partial charge in [-0.15, -0.1) is 0 Å². The standard InChI is InChI=1S/C30H36N2O5/c1-22(2)32(30(35)24-12-10-23(11-13-24)27-8-6-19-37-27)21-25-20-26(31-16-7-17-31)14-15-28(25)36-18-5-3-4-9-29(33)34/h6,8,10-15,19-20,22H,3-5,7,9,16-18,21H2,1-2H3,(H,33,34)/i21D. The van der Waals surface area contributed by atoms with Crippen LogP contribution in [0.4, 0.5) is 5.69 Å². The number of rotatable bonds is 13. The zero-order valence-electron chi connectivity index (χ0n) is 22.6. The first-order valence-corrected chi connectivity index (χ1v) is 13.0. The van der Waals surface area contributed by atoms with Crippen molar-refractivity contribution in [3.05, 3.63) is 72.0 Å². The van der Waals surface area contributed by atoms with Crippen LogP contribution in [0.15, 0.2) is 65.3 Å². The molecule has 7 nitrogen and oxygen atoms in total. The second-order valence-electron chi connectivity index (χ2n) is 9.61. The highest BCUT2D eigenvalue weighted by Crippen LogP contribution is 2.30. The average molecular weight is 506 g/mol. The lowest BCUT2D eigenvalue weighted by Crippen LogP contribution is -2.38. The van der Waals surface area contributed by atoms with Gasteiger partial charge in [0.15, 0.2) is 0 Å². The highest BCUT2D eigenvalue weighted by molar-refractivity contribution is 5.95. The number of nitrogens with zero attached hydrogens (tertiary/aromatic N) is 2. The van der Waals surface area contributed by atoms with E-state index in [9.17, 15) is 11.0 Å². The van der Waals surface area contributed by atoms with E-state index in [1.54, 1.807) is 23.3 Å². The third kappa shape index (κ3) is 6.94. The summed E-state index contributed by atoms with van der Waals surface area (Å²) in [7, 11) is 0. The van der Waals surface area contributed by atoms with Gasteiger partial charge in [0.05, 0.1) is 14.2 Å². The molecule has 0 aliphatic carbocycles. The molecule has 37 heavy (non-hydrogen) atoms. The number of benzene rings is 2. The normalized spacial score (nSPS) is 14.1. The van der Waals surface area contributed by atoms with Gasteiger partial charge in [-0.05, 0) is 82.0 Å². The zero-order chi connectivity index (χ0) is 27.1. The van der Waals surface area contributed by atoms with E-state index >= 15 is 0 Å². The topological polar surface area (TPSA) is 83.2 Å².